The van der Waals surface area contributed by atoms with Crippen molar-refractivity contribution in [1.29, 1.82) is 0 Å². The van der Waals surface area contributed by atoms with Gasteiger partial charge in [0.25, 0.3) is 6.47 Å². The number of anilines is 1. The molecule has 1 saturated heterocycles. The summed E-state index contributed by atoms with van der Waals surface area (Å²) in [6.45, 7) is 2.83. The molecule has 2 aromatic rings. The molecule has 0 saturated carbocycles. The zero-order valence-corrected chi connectivity index (χ0v) is 15.1. The van der Waals surface area contributed by atoms with Crippen LogP contribution in [0.25, 0.3) is 10.9 Å². The number of nitrogens with one attached hydrogen (secondary N) is 1. The van der Waals surface area contributed by atoms with Crippen molar-refractivity contribution in [2.75, 3.05) is 38.7 Å². The van der Waals surface area contributed by atoms with Gasteiger partial charge in [-0.2, -0.15) is 0 Å². The smallest absolute Gasteiger partial charge is 0.290 e. The molecule has 0 aliphatic carbocycles. The molecule has 26 heavy (non-hydrogen) atoms. The maximum atomic E-state index is 9.47. The lowest BCUT2D eigenvalue weighted by atomic mass is 10.0. The minimum absolute atomic E-state index is 0.250. The lowest BCUT2D eigenvalue weighted by molar-refractivity contribution is -0.122. The molecule has 0 radical (unpaired) electrons. The molecule has 1 unspecified atom stereocenters. The second-order valence-corrected chi connectivity index (χ2v) is 6.13. The van der Waals surface area contributed by atoms with Crippen LogP contribution in [0.15, 0.2) is 30.3 Å². The van der Waals surface area contributed by atoms with Crippen molar-refractivity contribution in [1.82, 2.24) is 9.88 Å². The van der Waals surface area contributed by atoms with Crippen LogP contribution in [0.2, 0.25) is 0 Å². The van der Waals surface area contributed by atoms with E-state index in [1.165, 1.54) is 12.8 Å². The fourth-order valence-corrected chi connectivity index (χ4v) is 3.27. The number of aromatic nitrogens is 1. The highest BCUT2D eigenvalue weighted by Gasteiger charge is 2.20. The molecule has 3 rings (SSSR count). The number of nitrogens with zero attached hydrogens (tertiary/aromatic N) is 2. The number of pyridine rings is 1. The average Bonchev–Trinajstić information content (AvgIpc) is 2.68. The normalized spacial score (nSPS) is 17.2. The van der Waals surface area contributed by atoms with Gasteiger partial charge in [-0.15, -0.1) is 0 Å². The van der Waals surface area contributed by atoms with E-state index < -0.39 is 0 Å². The van der Waals surface area contributed by atoms with Crippen molar-refractivity contribution < 1.29 is 19.7 Å². The molecule has 1 aromatic heterocycles. The van der Waals surface area contributed by atoms with Crippen molar-refractivity contribution in [3.63, 3.8) is 0 Å². The van der Waals surface area contributed by atoms with Crippen molar-refractivity contribution in [3.05, 3.63) is 30.3 Å². The zero-order chi connectivity index (χ0) is 18.8. The summed E-state index contributed by atoms with van der Waals surface area (Å²) >= 11 is 0. The monoisotopic (exact) mass is 361 g/mol. The minimum Gasteiger partial charge on any atom is -0.494 e. The van der Waals surface area contributed by atoms with Crippen molar-refractivity contribution in [3.8, 4) is 5.75 Å². The lowest BCUT2D eigenvalue weighted by Crippen LogP contribution is -2.44. The molecule has 7 heteroatoms. The van der Waals surface area contributed by atoms with Gasteiger partial charge in [-0.3, -0.25) is 9.69 Å². The summed E-state index contributed by atoms with van der Waals surface area (Å²) < 4.78 is 5.38. The van der Waals surface area contributed by atoms with Gasteiger partial charge in [0.2, 0.25) is 0 Å². The van der Waals surface area contributed by atoms with Gasteiger partial charge < -0.3 is 20.3 Å². The van der Waals surface area contributed by atoms with E-state index in [9.17, 15) is 5.11 Å². The van der Waals surface area contributed by atoms with Crippen LogP contribution in [0, 0.1) is 0 Å². The summed E-state index contributed by atoms with van der Waals surface area (Å²) in [5.74, 6) is 1.65. The molecule has 1 fully saturated rings. The SMILES string of the molecule is COc1cccc2ccc(NCCN3CCCCC3CO)nc12.O=CO. The fraction of sp³-hybridized carbons (Fsp3) is 0.474. The van der Waals surface area contributed by atoms with Gasteiger partial charge in [-0.25, -0.2) is 4.98 Å². The molecular weight excluding hydrogens is 334 g/mol. The van der Waals surface area contributed by atoms with Crippen LogP contribution < -0.4 is 10.1 Å². The first-order chi connectivity index (χ1) is 12.7. The molecule has 142 valence electrons. The Morgan fingerprint density at radius 2 is 2.15 bits per heavy atom. The number of hydrogen-bond donors (Lipinski definition) is 3. The van der Waals surface area contributed by atoms with Crippen LogP contribution in [-0.2, 0) is 4.79 Å². The second-order valence-electron chi connectivity index (χ2n) is 6.13. The lowest BCUT2D eigenvalue weighted by Gasteiger charge is -2.34. The Labute approximate surface area is 153 Å². The van der Waals surface area contributed by atoms with Crippen LogP contribution in [0.5, 0.6) is 5.75 Å². The first-order valence-corrected chi connectivity index (χ1v) is 8.84. The van der Waals surface area contributed by atoms with Gasteiger partial charge >= 0.3 is 0 Å². The van der Waals surface area contributed by atoms with Crippen LogP contribution in [0.1, 0.15) is 19.3 Å². The fourth-order valence-electron chi connectivity index (χ4n) is 3.27. The van der Waals surface area contributed by atoms with Gasteiger partial charge in [0.1, 0.15) is 17.1 Å². The number of ether oxygens (including phenoxy) is 1. The van der Waals surface area contributed by atoms with E-state index >= 15 is 0 Å². The van der Waals surface area contributed by atoms with E-state index in [0.29, 0.717) is 6.04 Å². The summed E-state index contributed by atoms with van der Waals surface area (Å²) in [7, 11) is 1.67. The van der Waals surface area contributed by atoms with Crippen LogP contribution >= 0.6 is 0 Å². The number of benzene rings is 1. The Morgan fingerprint density at radius 3 is 2.88 bits per heavy atom. The molecule has 1 aromatic carbocycles. The molecule has 1 aliphatic heterocycles. The van der Waals surface area contributed by atoms with Crippen molar-refractivity contribution >= 4 is 23.2 Å². The molecule has 2 heterocycles. The highest BCUT2D eigenvalue weighted by Crippen LogP contribution is 2.24. The summed E-state index contributed by atoms with van der Waals surface area (Å²) in [6, 6.07) is 10.3. The maximum absolute atomic E-state index is 9.47. The molecule has 7 nitrogen and oxygen atoms in total. The van der Waals surface area contributed by atoms with Crippen molar-refractivity contribution in [2.24, 2.45) is 0 Å². The zero-order valence-electron chi connectivity index (χ0n) is 15.1. The van der Waals surface area contributed by atoms with Gasteiger partial charge in [0.15, 0.2) is 0 Å². The predicted molar refractivity (Wildman–Crippen MR) is 102 cm³/mol. The number of methoxy groups -OCH3 is 1. The number of rotatable bonds is 6. The summed E-state index contributed by atoms with van der Waals surface area (Å²) in [4.78, 5) is 15.4. The van der Waals surface area contributed by atoms with E-state index in [1.807, 2.05) is 24.3 Å². The summed E-state index contributed by atoms with van der Waals surface area (Å²) in [6.07, 6.45) is 3.55. The average molecular weight is 361 g/mol. The number of aliphatic hydroxyl groups excluding tert-OH is 1. The number of fused-ring (bicyclic) bond motifs is 1. The van der Waals surface area contributed by atoms with Gasteiger partial charge in [0, 0.05) is 24.5 Å². The molecule has 3 N–H and O–H groups in total. The predicted octanol–water partition coefficient (Wildman–Crippen LogP) is 2.20. The second kappa shape index (κ2) is 10.6. The largest absolute Gasteiger partial charge is 0.494 e. The van der Waals surface area contributed by atoms with E-state index in [4.69, 9.17) is 14.6 Å². The molecule has 1 atom stereocenters. The van der Waals surface area contributed by atoms with Gasteiger partial charge in [0.05, 0.1) is 13.7 Å². The third kappa shape index (κ3) is 5.31. The first kappa shape index (κ1) is 19.9. The van der Waals surface area contributed by atoms with Crippen LogP contribution in [-0.4, -0.2) is 66.0 Å². The third-order valence-electron chi connectivity index (χ3n) is 4.57. The number of aliphatic hydroxyl groups is 1. The maximum Gasteiger partial charge on any atom is 0.290 e. The molecule has 0 amide bonds. The van der Waals surface area contributed by atoms with E-state index in [-0.39, 0.29) is 13.1 Å². The van der Waals surface area contributed by atoms with Gasteiger partial charge in [-0.05, 0) is 37.6 Å². The highest BCUT2D eigenvalue weighted by atomic mass is 16.5. The van der Waals surface area contributed by atoms with Crippen LogP contribution in [0.3, 0.4) is 0 Å². The van der Waals surface area contributed by atoms with Crippen LogP contribution in [0.4, 0.5) is 5.82 Å². The molecule has 0 spiro atoms. The van der Waals surface area contributed by atoms with E-state index in [0.717, 1.165) is 48.5 Å². The number of carbonyl (C=O) groups is 1. The van der Waals surface area contributed by atoms with E-state index in [1.54, 1.807) is 7.11 Å². The quantitative estimate of drug-likeness (QED) is 0.679. The minimum atomic E-state index is -0.250. The Hall–Kier alpha value is -2.38. The summed E-state index contributed by atoms with van der Waals surface area (Å²) in [5, 5.41) is 20.8. The Balaban J connectivity index is 0.000000758. The Bertz CT molecular complexity index is 696. The molecular formula is C19H27N3O4. The summed E-state index contributed by atoms with van der Waals surface area (Å²) in [5.41, 5.74) is 0.881. The number of carboxylic acid groups (broad SMARTS) is 1. The number of para-hydroxylation sites is 1. The number of hydrogen-bond acceptors (Lipinski definition) is 6. The van der Waals surface area contributed by atoms with Crippen molar-refractivity contribution in [2.45, 2.75) is 25.3 Å². The first-order valence-electron chi connectivity index (χ1n) is 8.84. The number of piperidine rings is 1. The van der Waals surface area contributed by atoms with E-state index in [2.05, 4.69) is 21.3 Å². The molecule has 1 aliphatic rings. The van der Waals surface area contributed by atoms with Gasteiger partial charge in [-0.1, -0.05) is 18.6 Å². The third-order valence-corrected chi connectivity index (χ3v) is 4.57. The Kier molecular flexibility index (Phi) is 8.11. The number of likely N-dealkylation sites (tertiary alicyclic amines) is 1. The topological polar surface area (TPSA) is 94.9 Å². The highest BCUT2D eigenvalue weighted by molar-refractivity contribution is 5.85. The standard InChI is InChI=1S/C18H25N3O2.CH2O2/c1-23-16-7-4-5-14-8-9-17(20-18(14)16)19-10-12-21-11-3-2-6-15(21)13-22;2-1-3/h4-5,7-9,15,22H,2-3,6,10-13H2,1H3,(H,19,20);1H,(H,2,3). The Morgan fingerprint density at radius 1 is 1.35 bits per heavy atom. The molecule has 0 bridgehead atoms.